The van der Waals surface area contributed by atoms with Gasteiger partial charge in [-0.15, -0.1) is 0 Å². The van der Waals surface area contributed by atoms with Crippen molar-refractivity contribution >= 4 is 23.9 Å². The van der Waals surface area contributed by atoms with Gasteiger partial charge in [-0.2, -0.15) is 0 Å². The highest BCUT2D eigenvalue weighted by molar-refractivity contribution is 5.97. The molecule has 0 aliphatic carbocycles. The lowest BCUT2D eigenvalue weighted by Crippen LogP contribution is -2.53. The minimum Gasteiger partial charge on any atom is -0.345 e. The summed E-state index contributed by atoms with van der Waals surface area (Å²) >= 11 is 0. The molecule has 0 radical (unpaired) electrons. The first-order chi connectivity index (χ1) is 17.7. The van der Waals surface area contributed by atoms with Crippen molar-refractivity contribution in [2.75, 3.05) is 25.0 Å². The molecular formula is C31H41N3O3. The highest BCUT2D eigenvalue weighted by Crippen LogP contribution is 2.34. The molecular weight excluding hydrogens is 462 g/mol. The third kappa shape index (κ3) is 6.41. The Morgan fingerprint density at radius 1 is 1.00 bits per heavy atom. The van der Waals surface area contributed by atoms with Gasteiger partial charge in [-0.1, -0.05) is 51.1 Å². The summed E-state index contributed by atoms with van der Waals surface area (Å²) in [6.07, 6.45) is 5.09. The standard InChI is InChI=1S/C31H41N3O3/c1-22-9-5-6-12-26(22)30(37)34-16-8-13-27(28(34)19-23-14-17-33(21-35)18-15-23)29(36)32-25-11-7-10-24(20-25)31(2,3)4/h5-7,9-12,20-21,23,27-28H,8,13-19H2,1-4H3,(H,32,36). The number of nitrogens with zero attached hydrogens (tertiary/aromatic N) is 2. The zero-order valence-corrected chi connectivity index (χ0v) is 22.7. The second-order valence-corrected chi connectivity index (χ2v) is 11.8. The van der Waals surface area contributed by atoms with E-state index in [1.807, 2.05) is 53.1 Å². The molecule has 6 nitrogen and oxygen atoms in total. The molecule has 4 rings (SSSR count). The van der Waals surface area contributed by atoms with Gasteiger partial charge in [-0.3, -0.25) is 14.4 Å². The van der Waals surface area contributed by atoms with Crippen molar-refractivity contribution in [2.24, 2.45) is 11.8 Å². The normalized spacial score (nSPS) is 21.0. The third-order valence-corrected chi connectivity index (χ3v) is 8.12. The van der Waals surface area contributed by atoms with Crippen LogP contribution in [-0.2, 0) is 15.0 Å². The van der Waals surface area contributed by atoms with E-state index in [0.717, 1.165) is 62.9 Å². The zero-order valence-electron chi connectivity index (χ0n) is 22.7. The minimum atomic E-state index is -0.274. The largest absolute Gasteiger partial charge is 0.345 e. The highest BCUT2D eigenvalue weighted by atomic mass is 16.2. The Kier molecular flexibility index (Phi) is 8.35. The Morgan fingerprint density at radius 3 is 2.41 bits per heavy atom. The number of likely N-dealkylation sites (tertiary alicyclic amines) is 2. The van der Waals surface area contributed by atoms with E-state index in [1.165, 1.54) is 5.56 Å². The van der Waals surface area contributed by atoms with Crippen molar-refractivity contribution in [1.29, 1.82) is 0 Å². The number of hydrogen-bond donors (Lipinski definition) is 1. The maximum Gasteiger partial charge on any atom is 0.254 e. The highest BCUT2D eigenvalue weighted by Gasteiger charge is 2.40. The summed E-state index contributed by atoms with van der Waals surface area (Å²) in [5.74, 6) is 0.111. The molecule has 2 fully saturated rings. The molecule has 2 heterocycles. The first kappa shape index (κ1) is 26.9. The van der Waals surface area contributed by atoms with E-state index >= 15 is 0 Å². The van der Waals surface area contributed by atoms with Gasteiger partial charge in [0, 0.05) is 36.9 Å². The molecule has 6 heteroatoms. The van der Waals surface area contributed by atoms with Gasteiger partial charge in [0.1, 0.15) is 0 Å². The molecule has 2 aliphatic heterocycles. The summed E-state index contributed by atoms with van der Waals surface area (Å²) in [5, 5.41) is 3.19. The van der Waals surface area contributed by atoms with Crippen molar-refractivity contribution in [1.82, 2.24) is 9.80 Å². The molecule has 3 amide bonds. The molecule has 2 atom stereocenters. The van der Waals surface area contributed by atoms with Gasteiger partial charge >= 0.3 is 0 Å². The fourth-order valence-electron chi connectivity index (χ4n) is 5.81. The van der Waals surface area contributed by atoms with Crippen LogP contribution in [0, 0.1) is 18.8 Å². The van der Waals surface area contributed by atoms with Crippen molar-refractivity contribution in [3.8, 4) is 0 Å². The lowest BCUT2D eigenvalue weighted by molar-refractivity contribution is -0.123. The summed E-state index contributed by atoms with van der Waals surface area (Å²) in [7, 11) is 0. The van der Waals surface area contributed by atoms with Crippen LogP contribution in [0.1, 0.15) is 74.4 Å². The van der Waals surface area contributed by atoms with Gasteiger partial charge in [0.05, 0.1) is 5.92 Å². The van der Waals surface area contributed by atoms with E-state index in [0.29, 0.717) is 18.0 Å². The molecule has 0 saturated carbocycles. The average Bonchev–Trinajstić information content (AvgIpc) is 2.89. The lowest BCUT2D eigenvalue weighted by atomic mass is 9.79. The van der Waals surface area contributed by atoms with E-state index < -0.39 is 0 Å². The summed E-state index contributed by atoms with van der Waals surface area (Å²) in [6.45, 7) is 10.6. The van der Waals surface area contributed by atoms with Gasteiger partial charge in [-0.25, -0.2) is 0 Å². The van der Waals surface area contributed by atoms with Crippen LogP contribution in [0.2, 0.25) is 0 Å². The number of carbonyl (C=O) groups is 3. The van der Waals surface area contributed by atoms with Gasteiger partial charge < -0.3 is 15.1 Å². The smallest absolute Gasteiger partial charge is 0.254 e. The van der Waals surface area contributed by atoms with Crippen LogP contribution < -0.4 is 5.32 Å². The molecule has 2 unspecified atom stereocenters. The summed E-state index contributed by atoms with van der Waals surface area (Å²) in [5.41, 5.74) is 3.63. The van der Waals surface area contributed by atoms with Crippen molar-refractivity contribution < 1.29 is 14.4 Å². The number of nitrogens with one attached hydrogen (secondary N) is 1. The molecule has 2 aliphatic rings. The first-order valence-corrected chi connectivity index (χ1v) is 13.6. The van der Waals surface area contributed by atoms with Crippen molar-refractivity contribution in [3.63, 3.8) is 0 Å². The van der Waals surface area contributed by atoms with E-state index in [2.05, 4.69) is 38.2 Å². The number of anilines is 1. The molecule has 1 N–H and O–H groups in total. The number of carbonyl (C=O) groups excluding carboxylic acids is 3. The van der Waals surface area contributed by atoms with E-state index in [4.69, 9.17) is 0 Å². The van der Waals surface area contributed by atoms with E-state index in [1.54, 1.807) is 0 Å². The molecule has 37 heavy (non-hydrogen) atoms. The third-order valence-electron chi connectivity index (χ3n) is 8.12. The number of aryl methyl sites for hydroxylation is 1. The van der Waals surface area contributed by atoms with E-state index in [-0.39, 0.29) is 29.2 Å². The minimum absolute atomic E-state index is 0.0105. The molecule has 0 aromatic heterocycles. The Balaban J connectivity index is 1.58. The van der Waals surface area contributed by atoms with Crippen molar-refractivity contribution in [2.45, 2.75) is 71.3 Å². The second-order valence-electron chi connectivity index (χ2n) is 11.8. The van der Waals surface area contributed by atoms with Gasteiger partial charge in [0.15, 0.2) is 0 Å². The predicted octanol–water partition coefficient (Wildman–Crippen LogP) is 5.41. The summed E-state index contributed by atoms with van der Waals surface area (Å²) in [6, 6.07) is 15.6. The Morgan fingerprint density at radius 2 is 1.73 bits per heavy atom. The molecule has 2 aromatic carbocycles. The average molecular weight is 504 g/mol. The van der Waals surface area contributed by atoms with Crippen LogP contribution in [0.25, 0.3) is 0 Å². The lowest BCUT2D eigenvalue weighted by Gasteiger charge is -2.43. The van der Waals surface area contributed by atoms with Gasteiger partial charge in [0.2, 0.25) is 12.3 Å². The van der Waals surface area contributed by atoms with Gasteiger partial charge in [0.25, 0.3) is 5.91 Å². The first-order valence-electron chi connectivity index (χ1n) is 13.6. The number of rotatable bonds is 6. The van der Waals surface area contributed by atoms with Crippen molar-refractivity contribution in [3.05, 3.63) is 65.2 Å². The molecule has 2 saturated heterocycles. The number of benzene rings is 2. The van der Waals surface area contributed by atoms with Crippen LogP contribution in [0.3, 0.4) is 0 Å². The quantitative estimate of drug-likeness (QED) is 0.536. The molecule has 198 valence electrons. The van der Waals surface area contributed by atoms with Crippen LogP contribution >= 0.6 is 0 Å². The maximum atomic E-state index is 13.8. The Bertz CT molecular complexity index is 1110. The summed E-state index contributed by atoms with van der Waals surface area (Å²) in [4.78, 5) is 42.5. The zero-order chi connectivity index (χ0) is 26.6. The fraction of sp³-hybridized carbons (Fsp3) is 0.516. The number of piperidine rings is 2. The Labute approximate surface area is 221 Å². The Hall–Kier alpha value is -3.15. The number of hydrogen-bond acceptors (Lipinski definition) is 3. The summed E-state index contributed by atoms with van der Waals surface area (Å²) < 4.78 is 0. The van der Waals surface area contributed by atoms with Crippen LogP contribution in [0.4, 0.5) is 5.69 Å². The van der Waals surface area contributed by atoms with Crippen LogP contribution in [0.5, 0.6) is 0 Å². The second kappa shape index (κ2) is 11.5. The number of amides is 3. The molecule has 0 spiro atoms. The van der Waals surface area contributed by atoms with Crippen LogP contribution in [-0.4, -0.2) is 53.7 Å². The fourth-order valence-corrected chi connectivity index (χ4v) is 5.81. The molecule has 2 aromatic rings. The molecule has 0 bridgehead atoms. The predicted molar refractivity (Wildman–Crippen MR) is 147 cm³/mol. The SMILES string of the molecule is Cc1ccccc1C(=O)N1CCCC(C(=O)Nc2cccc(C(C)(C)C)c2)C1CC1CCN(C=O)CC1. The monoisotopic (exact) mass is 503 g/mol. The van der Waals surface area contributed by atoms with E-state index in [9.17, 15) is 14.4 Å². The van der Waals surface area contributed by atoms with Crippen LogP contribution in [0.15, 0.2) is 48.5 Å². The van der Waals surface area contributed by atoms with Gasteiger partial charge in [-0.05, 0) is 79.7 Å². The topological polar surface area (TPSA) is 69.7 Å². The maximum absolute atomic E-state index is 13.8.